The molecule has 0 N–H and O–H groups in total. The number of pyridine rings is 1. The maximum atomic E-state index is 12.9. The van der Waals surface area contributed by atoms with Crippen molar-refractivity contribution in [2.24, 2.45) is 0 Å². The minimum absolute atomic E-state index is 0.0330. The van der Waals surface area contributed by atoms with E-state index in [1.807, 2.05) is 37.3 Å². The van der Waals surface area contributed by atoms with Crippen LogP contribution in [-0.4, -0.2) is 43.5 Å². The van der Waals surface area contributed by atoms with Gasteiger partial charge in [0.15, 0.2) is 0 Å². The second-order valence-corrected chi connectivity index (χ2v) is 8.89. The van der Waals surface area contributed by atoms with Crippen molar-refractivity contribution in [1.82, 2.24) is 9.29 Å². The molecule has 1 aliphatic heterocycles. The van der Waals surface area contributed by atoms with Crippen molar-refractivity contribution in [2.45, 2.75) is 30.8 Å². The van der Waals surface area contributed by atoms with Crippen LogP contribution in [0.3, 0.4) is 0 Å². The number of ether oxygens (including phenoxy) is 2. The molecule has 6 nitrogen and oxygen atoms in total. The highest BCUT2D eigenvalue weighted by molar-refractivity contribution is 7.89. The van der Waals surface area contributed by atoms with E-state index in [4.69, 9.17) is 9.47 Å². The summed E-state index contributed by atoms with van der Waals surface area (Å²) in [5, 5.41) is 1.03. The van der Waals surface area contributed by atoms with E-state index in [1.165, 1.54) is 4.31 Å². The molecule has 3 aromatic rings. The van der Waals surface area contributed by atoms with Crippen LogP contribution >= 0.6 is 0 Å². The van der Waals surface area contributed by atoms with E-state index < -0.39 is 10.0 Å². The van der Waals surface area contributed by atoms with Crippen LogP contribution in [0.15, 0.2) is 65.7 Å². The zero-order chi connectivity index (χ0) is 20.3. The Labute approximate surface area is 171 Å². The van der Waals surface area contributed by atoms with Crippen LogP contribution in [0.1, 0.15) is 19.8 Å². The fraction of sp³-hybridized carbons (Fsp3) is 0.318. The van der Waals surface area contributed by atoms with Crippen molar-refractivity contribution in [2.75, 3.05) is 19.7 Å². The minimum Gasteiger partial charge on any atom is -0.494 e. The van der Waals surface area contributed by atoms with Crippen molar-refractivity contribution in [3.05, 3.63) is 60.8 Å². The van der Waals surface area contributed by atoms with Gasteiger partial charge in [0.05, 0.1) is 11.5 Å². The Morgan fingerprint density at radius 3 is 2.48 bits per heavy atom. The summed E-state index contributed by atoms with van der Waals surface area (Å²) in [4.78, 5) is 4.71. The molecule has 0 spiro atoms. The van der Waals surface area contributed by atoms with Crippen LogP contribution in [0.2, 0.25) is 0 Å². The van der Waals surface area contributed by atoms with Gasteiger partial charge in [-0.1, -0.05) is 18.2 Å². The van der Waals surface area contributed by atoms with Gasteiger partial charge in [0.25, 0.3) is 0 Å². The quantitative estimate of drug-likeness (QED) is 0.615. The largest absolute Gasteiger partial charge is 0.494 e. The van der Waals surface area contributed by atoms with Gasteiger partial charge in [-0.15, -0.1) is 0 Å². The standard InChI is InChI=1S/C22H24N2O4S/c1-2-27-18-8-10-20(11-9-18)29(25,26)24-15-12-19(13-16-24)28-21-7-3-5-17-6-4-14-23-22(17)21/h3-11,14,19H,2,12-13,15-16H2,1H3. The molecule has 1 fully saturated rings. The fourth-order valence-corrected chi connectivity index (χ4v) is 5.03. The van der Waals surface area contributed by atoms with Crippen LogP contribution in [0.4, 0.5) is 0 Å². The average molecular weight is 413 g/mol. The lowest BCUT2D eigenvalue weighted by Crippen LogP contribution is -2.41. The normalized spacial score (nSPS) is 16.0. The first-order valence-corrected chi connectivity index (χ1v) is 11.3. The van der Waals surface area contributed by atoms with E-state index in [2.05, 4.69) is 4.98 Å². The third-order valence-corrected chi connectivity index (χ3v) is 6.98. The van der Waals surface area contributed by atoms with Crippen LogP contribution in [0.25, 0.3) is 10.9 Å². The van der Waals surface area contributed by atoms with E-state index >= 15 is 0 Å². The molecular weight excluding hydrogens is 388 g/mol. The Kier molecular flexibility index (Phi) is 5.69. The number of aromatic nitrogens is 1. The third kappa shape index (κ3) is 4.21. The summed E-state index contributed by atoms with van der Waals surface area (Å²) in [6.07, 6.45) is 2.99. The summed E-state index contributed by atoms with van der Waals surface area (Å²) in [5.41, 5.74) is 0.833. The molecule has 1 aliphatic rings. The second kappa shape index (κ2) is 8.39. The Morgan fingerprint density at radius 1 is 1.03 bits per heavy atom. The zero-order valence-corrected chi connectivity index (χ0v) is 17.1. The predicted molar refractivity (Wildman–Crippen MR) is 112 cm³/mol. The number of benzene rings is 2. The number of hydrogen-bond donors (Lipinski definition) is 0. The van der Waals surface area contributed by atoms with Crippen molar-refractivity contribution >= 4 is 20.9 Å². The van der Waals surface area contributed by atoms with Gasteiger partial charge in [0, 0.05) is 24.7 Å². The van der Waals surface area contributed by atoms with Crippen molar-refractivity contribution < 1.29 is 17.9 Å². The molecule has 0 radical (unpaired) electrons. The van der Waals surface area contributed by atoms with E-state index in [0.29, 0.717) is 43.2 Å². The summed E-state index contributed by atoms with van der Waals surface area (Å²) < 4.78 is 39.0. The molecule has 1 saturated heterocycles. The molecule has 4 rings (SSSR count). The number of fused-ring (bicyclic) bond motifs is 1. The van der Waals surface area contributed by atoms with Gasteiger partial charge in [-0.3, -0.25) is 4.98 Å². The maximum Gasteiger partial charge on any atom is 0.243 e. The van der Waals surface area contributed by atoms with E-state index in [1.54, 1.807) is 30.5 Å². The van der Waals surface area contributed by atoms with E-state index in [9.17, 15) is 8.42 Å². The maximum absolute atomic E-state index is 12.9. The summed E-state index contributed by atoms with van der Waals surface area (Å²) >= 11 is 0. The molecule has 7 heteroatoms. The topological polar surface area (TPSA) is 68.7 Å². The van der Waals surface area contributed by atoms with Crippen LogP contribution in [0.5, 0.6) is 11.5 Å². The number of hydrogen-bond acceptors (Lipinski definition) is 5. The lowest BCUT2D eigenvalue weighted by atomic mass is 10.1. The summed E-state index contributed by atoms with van der Waals surface area (Å²) in [6, 6.07) is 16.4. The highest BCUT2D eigenvalue weighted by Crippen LogP contribution is 2.28. The number of rotatable bonds is 6. The zero-order valence-electron chi connectivity index (χ0n) is 16.3. The van der Waals surface area contributed by atoms with Crippen molar-refractivity contribution in [1.29, 1.82) is 0 Å². The molecule has 0 amide bonds. The minimum atomic E-state index is -3.51. The van der Waals surface area contributed by atoms with E-state index in [-0.39, 0.29) is 6.10 Å². The van der Waals surface area contributed by atoms with E-state index in [0.717, 1.165) is 16.7 Å². The molecule has 0 bridgehead atoms. The predicted octanol–water partition coefficient (Wildman–Crippen LogP) is 3.87. The second-order valence-electron chi connectivity index (χ2n) is 6.96. The van der Waals surface area contributed by atoms with Gasteiger partial charge in [0.2, 0.25) is 10.0 Å². The summed E-state index contributed by atoms with van der Waals surface area (Å²) in [7, 11) is -3.51. The molecule has 0 saturated carbocycles. The van der Waals surface area contributed by atoms with Gasteiger partial charge in [0.1, 0.15) is 23.1 Å². The molecule has 0 atom stereocenters. The molecule has 152 valence electrons. The van der Waals surface area contributed by atoms with Crippen molar-refractivity contribution in [3.8, 4) is 11.5 Å². The lowest BCUT2D eigenvalue weighted by Gasteiger charge is -2.31. The monoisotopic (exact) mass is 412 g/mol. The number of para-hydroxylation sites is 1. The number of nitrogens with zero attached hydrogens (tertiary/aromatic N) is 2. The average Bonchev–Trinajstić information content (AvgIpc) is 2.75. The first kappa shape index (κ1) is 19.7. The van der Waals surface area contributed by atoms with Crippen LogP contribution in [0, 0.1) is 0 Å². The molecule has 2 heterocycles. The molecular formula is C22H24N2O4S. The Bertz CT molecular complexity index is 1070. The van der Waals surface area contributed by atoms with Crippen molar-refractivity contribution in [3.63, 3.8) is 0 Å². The van der Waals surface area contributed by atoms with Crippen LogP contribution in [-0.2, 0) is 10.0 Å². The number of piperidine rings is 1. The molecule has 0 unspecified atom stereocenters. The highest BCUT2D eigenvalue weighted by atomic mass is 32.2. The molecule has 1 aromatic heterocycles. The number of sulfonamides is 1. The molecule has 0 aliphatic carbocycles. The fourth-order valence-electron chi connectivity index (χ4n) is 3.56. The van der Waals surface area contributed by atoms with Gasteiger partial charge in [-0.05, 0) is 56.2 Å². The third-order valence-electron chi connectivity index (χ3n) is 5.06. The first-order valence-electron chi connectivity index (χ1n) is 9.81. The van der Waals surface area contributed by atoms with Gasteiger partial charge in [-0.25, -0.2) is 8.42 Å². The Hall–Kier alpha value is -2.64. The summed E-state index contributed by atoms with van der Waals surface area (Å²) in [5.74, 6) is 1.41. The SMILES string of the molecule is CCOc1ccc(S(=O)(=O)N2CCC(Oc3cccc4cccnc34)CC2)cc1. The Balaban J connectivity index is 1.42. The summed E-state index contributed by atoms with van der Waals surface area (Å²) in [6.45, 7) is 3.30. The molecule has 29 heavy (non-hydrogen) atoms. The smallest absolute Gasteiger partial charge is 0.243 e. The Morgan fingerprint density at radius 2 is 1.76 bits per heavy atom. The lowest BCUT2D eigenvalue weighted by molar-refractivity contribution is 0.136. The molecule has 2 aromatic carbocycles. The first-order chi connectivity index (χ1) is 14.1. The van der Waals surface area contributed by atoms with Crippen LogP contribution < -0.4 is 9.47 Å². The highest BCUT2D eigenvalue weighted by Gasteiger charge is 2.30. The van der Waals surface area contributed by atoms with Gasteiger partial charge < -0.3 is 9.47 Å². The van der Waals surface area contributed by atoms with Gasteiger partial charge >= 0.3 is 0 Å². The van der Waals surface area contributed by atoms with Gasteiger partial charge in [-0.2, -0.15) is 4.31 Å².